The summed E-state index contributed by atoms with van der Waals surface area (Å²) in [5.41, 5.74) is -2.20. The molecule has 0 atom stereocenters. The Morgan fingerprint density at radius 3 is 1.80 bits per heavy atom. The van der Waals surface area contributed by atoms with Gasteiger partial charge in [-0.3, -0.25) is 0 Å². The van der Waals surface area contributed by atoms with E-state index in [9.17, 15) is 26.8 Å². The average molecular weight is 256 g/mol. The Labute approximate surface area is 127 Å². The van der Waals surface area contributed by atoms with Crippen LogP contribution in [-0.2, 0) is 0 Å². The van der Waals surface area contributed by atoms with Crippen LogP contribution in [0, 0.1) is 0 Å². The molecular formula is C7H11BF5KO. The first-order valence-electron chi connectivity index (χ1n) is 4.46. The van der Waals surface area contributed by atoms with Crippen molar-refractivity contribution in [1.29, 1.82) is 0 Å². The summed E-state index contributed by atoms with van der Waals surface area (Å²) in [4.78, 5) is 0. The molecule has 0 amide bonds. The van der Waals surface area contributed by atoms with Crippen LogP contribution in [0.15, 0.2) is 0 Å². The van der Waals surface area contributed by atoms with E-state index in [1.165, 1.54) is 0 Å². The van der Waals surface area contributed by atoms with Gasteiger partial charge in [0.05, 0.1) is 0 Å². The fourth-order valence-electron chi connectivity index (χ4n) is 1.74. The van der Waals surface area contributed by atoms with Crippen LogP contribution in [0.3, 0.4) is 0 Å². The molecule has 1 N–H and O–H groups in total. The second-order valence-corrected chi connectivity index (χ2v) is 3.87. The third-order valence-electron chi connectivity index (χ3n) is 2.84. The first-order valence-corrected chi connectivity index (χ1v) is 4.46. The SMILES string of the molecule is OC1(C(F)F)CCC([B-](F)(F)F)CC1.[K+]. The van der Waals surface area contributed by atoms with E-state index in [1.54, 1.807) is 0 Å². The van der Waals surface area contributed by atoms with Gasteiger partial charge in [-0.15, -0.1) is 0 Å². The molecule has 0 bridgehead atoms. The van der Waals surface area contributed by atoms with E-state index in [4.69, 9.17) is 0 Å². The van der Waals surface area contributed by atoms with Crippen molar-refractivity contribution in [2.45, 2.75) is 43.5 Å². The van der Waals surface area contributed by atoms with E-state index in [0.717, 1.165) is 0 Å². The maximum atomic E-state index is 12.2. The first-order chi connectivity index (χ1) is 6.26. The van der Waals surface area contributed by atoms with Gasteiger partial charge in [-0.1, -0.05) is 18.7 Å². The molecule has 15 heavy (non-hydrogen) atoms. The molecule has 0 spiro atoms. The summed E-state index contributed by atoms with van der Waals surface area (Å²) in [5, 5.41) is 9.22. The maximum absolute atomic E-state index is 12.2. The molecule has 1 saturated carbocycles. The molecule has 1 aliphatic carbocycles. The quantitative estimate of drug-likeness (QED) is 0.535. The zero-order valence-electron chi connectivity index (χ0n) is 8.40. The van der Waals surface area contributed by atoms with Gasteiger partial charge in [-0.25, -0.2) is 8.78 Å². The van der Waals surface area contributed by atoms with E-state index in [1.807, 2.05) is 0 Å². The minimum atomic E-state index is -4.95. The molecule has 1 nitrogen and oxygen atoms in total. The van der Waals surface area contributed by atoms with Crippen LogP contribution in [0.1, 0.15) is 25.7 Å². The topological polar surface area (TPSA) is 20.2 Å². The van der Waals surface area contributed by atoms with E-state index in [2.05, 4.69) is 0 Å². The Morgan fingerprint density at radius 1 is 1.13 bits per heavy atom. The predicted octanol–water partition coefficient (Wildman–Crippen LogP) is -0.222. The van der Waals surface area contributed by atoms with Crippen molar-refractivity contribution in [2.24, 2.45) is 0 Å². The molecule has 1 aliphatic rings. The molecule has 8 heteroatoms. The Hall–Kier alpha value is 1.31. The van der Waals surface area contributed by atoms with Gasteiger partial charge in [0, 0.05) is 0 Å². The van der Waals surface area contributed by atoms with Gasteiger partial charge in [0.15, 0.2) is 0 Å². The normalized spacial score (nSPS) is 32.6. The summed E-state index contributed by atoms with van der Waals surface area (Å²) in [6, 6.07) is 0. The largest absolute Gasteiger partial charge is 1.00 e. The van der Waals surface area contributed by atoms with Gasteiger partial charge in [-0.05, 0) is 12.8 Å². The number of aliphatic hydroxyl groups is 1. The average Bonchev–Trinajstić information content (AvgIpc) is 2.03. The van der Waals surface area contributed by atoms with Crippen molar-refractivity contribution in [3.8, 4) is 0 Å². The number of hydrogen-bond donors (Lipinski definition) is 1. The number of hydrogen-bond acceptors (Lipinski definition) is 1. The summed E-state index contributed by atoms with van der Waals surface area (Å²) < 4.78 is 61.0. The van der Waals surface area contributed by atoms with E-state index < -0.39 is 37.7 Å². The number of halogens is 5. The van der Waals surface area contributed by atoms with Gasteiger partial charge in [0.25, 0.3) is 6.43 Å². The van der Waals surface area contributed by atoms with Crippen LogP contribution in [0.2, 0.25) is 5.82 Å². The molecule has 0 heterocycles. The minimum Gasteiger partial charge on any atom is -0.449 e. The molecule has 0 aromatic heterocycles. The second-order valence-electron chi connectivity index (χ2n) is 3.87. The Bertz CT molecular complexity index is 202. The summed E-state index contributed by atoms with van der Waals surface area (Å²) in [7, 11) is 0. The van der Waals surface area contributed by atoms with Crippen LogP contribution in [-0.4, -0.2) is 24.1 Å². The minimum absolute atomic E-state index is 0. The van der Waals surface area contributed by atoms with Gasteiger partial charge < -0.3 is 18.1 Å². The van der Waals surface area contributed by atoms with Crippen LogP contribution in [0.4, 0.5) is 21.7 Å². The Morgan fingerprint density at radius 2 is 1.53 bits per heavy atom. The molecule has 0 aromatic rings. The van der Waals surface area contributed by atoms with Gasteiger partial charge in [-0.2, -0.15) is 0 Å². The van der Waals surface area contributed by atoms with Crippen LogP contribution in [0.25, 0.3) is 0 Å². The van der Waals surface area contributed by atoms with Crippen molar-refractivity contribution >= 4 is 6.98 Å². The Kier molecular flexibility index (Phi) is 6.28. The monoisotopic (exact) mass is 256 g/mol. The molecule has 0 saturated heterocycles. The first kappa shape index (κ1) is 16.3. The molecular weight excluding hydrogens is 245 g/mol. The van der Waals surface area contributed by atoms with Gasteiger partial charge in [0.2, 0.25) is 0 Å². The number of rotatable bonds is 2. The molecule has 0 unspecified atom stereocenters. The van der Waals surface area contributed by atoms with E-state index >= 15 is 0 Å². The summed E-state index contributed by atoms with van der Waals surface area (Å²) in [6.45, 7) is -4.95. The zero-order valence-corrected chi connectivity index (χ0v) is 11.5. The van der Waals surface area contributed by atoms with Crippen LogP contribution >= 0.6 is 0 Å². The Balaban J connectivity index is 0.00000196. The van der Waals surface area contributed by atoms with Crippen molar-refractivity contribution in [3.63, 3.8) is 0 Å². The molecule has 0 aliphatic heterocycles. The van der Waals surface area contributed by atoms with Crippen molar-refractivity contribution in [3.05, 3.63) is 0 Å². The zero-order chi connectivity index (χ0) is 11.0. The van der Waals surface area contributed by atoms with Crippen LogP contribution < -0.4 is 51.4 Å². The van der Waals surface area contributed by atoms with Crippen LogP contribution in [0.5, 0.6) is 0 Å². The summed E-state index contributed by atoms with van der Waals surface area (Å²) >= 11 is 0. The molecule has 0 aromatic carbocycles. The smallest absolute Gasteiger partial charge is 0.449 e. The molecule has 1 rings (SSSR count). The fraction of sp³-hybridized carbons (Fsp3) is 1.00. The molecule has 1 fully saturated rings. The van der Waals surface area contributed by atoms with Gasteiger partial charge >= 0.3 is 58.4 Å². The standard InChI is InChI=1S/C7H11BF5O.K/c9-6(10)7(14)3-1-5(2-4-7)8(11,12)13;/h5-6,14H,1-4H2;/q-1;+1. The predicted molar refractivity (Wildman–Crippen MR) is 42.2 cm³/mol. The third-order valence-corrected chi connectivity index (χ3v) is 2.84. The fourth-order valence-corrected chi connectivity index (χ4v) is 1.74. The van der Waals surface area contributed by atoms with Gasteiger partial charge in [0.1, 0.15) is 5.60 Å². The van der Waals surface area contributed by atoms with Crippen molar-refractivity contribution in [2.75, 3.05) is 0 Å². The van der Waals surface area contributed by atoms with E-state index in [-0.39, 0.29) is 64.2 Å². The van der Waals surface area contributed by atoms with Crippen molar-refractivity contribution < 1.29 is 78.2 Å². The van der Waals surface area contributed by atoms with E-state index in [0.29, 0.717) is 0 Å². The van der Waals surface area contributed by atoms with Crippen molar-refractivity contribution in [1.82, 2.24) is 0 Å². The summed E-state index contributed by atoms with van der Waals surface area (Å²) in [5.74, 6) is -1.48. The maximum Gasteiger partial charge on any atom is 1.00 e. The number of alkyl halides is 2. The summed E-state index contributed by atoms with van der Waals surface area (Å²) in [6.07, 6.45) is -4.65. The molecule has 0 radical (unpaired) electrons. The third kappa shape index (κ3) is 4.23. The molecule has 84 valence electrons. The second kappa shape index (κ2) is 5.77.